The average Bonchev–Trinajstić information content (AvgIpc) is 3.52. The number of hydrogen-bond acceptors (Lipinski definition) is 12. The molecular weight excluding hydrogens is 534 g/mol. The third kappa shape index (κ3) is 3.78. The summed E-state index contributed by atoms with van der Waals surface area (Å²) in [4.78, 5) is 41.7. The van der Waals surface area contributed by atoms with Gasteiger partial charge in [-0.05, 0) is 38.0 Å². The number of nitrogens with two attached hydrogens (primary N) is 1. The molecule has 2 bridgehead atoms. The second-order valence-electron chi connectivity index (χ2n) is 11.3. The highest BCUT2D eigenvalue weighted by atomic mass is 16.6. The predicted molar refractivity (Wildman–Crippen MR) is 139 cm³/mol. The van der Waals surface area contributed by atoms with Gasteiger partial charge in [0.25, 0.3) is 0 Å². The van der Waals surface area contributed by atoms with E-state index in [1.54, 1.807) is 12.4 Å². The van der Waals surface area contributed by atoms with Crippen LogP contribution in [-0.4, -0.2) is 82.7 Å². The summed E-state index contributed by atoms with van der Waals surface area (Å²) < 4.78 is 18.5. The molecule has 41 heavy (non-hydrogen) atoms. The van der Waals surface area contributed by atoms with Crippen LogP contribution in [-0.2, 0) is 15.1 Å². The van der Waals surface area contributed by atoms with E-state index in [0.29, 0.717) is 51.1 Å². The van der Waals surface area contributed by atoms with Crippen molar-refractivity contribution in [3.8, 4) is 28.5 Å². The first-order valence-electron chi connectivity index (χ1n) is 13.5. The Morgan fingerprint density at radius 1 is 1.10 bits per heavy atom. The number of hydrogen-bond donors (Lipinski definition) is 2. The fourth-order valence-corrected chi connectivity index (χ4v) is 6.04. The molecule has 0 radical (unpaired) electrons. The Balaban J connectivity index is 1.08. The number of likely N-dealkylation sites (tertiary alicyclic amines) is 1. The minimum absolute atomic E-state index is 0.0230. The van der Waals surface area contributed by atoms with Crippen LogP contribution in [0, 0.1) is 5.92 Å². The number of ether oxygens (including phenoxy) is 2. The summed E-state index contributed by atoms with van der Waals surface area (Å²) in [5.74, 6) is 1.67. The molecule has 5 aliphatic rings. The van der Waals surface area contributed by atoms with Crippen molar-refractivity contribution >= 4 is 28.9 Å². The number of amides is 1. The monoisotopic (exact) mass is 559 g/mol. The molecule has 0 spiro atoms. The first-order valence-corrected chi connectivity index (χ1v) is 13.5. The van der Waals surface area contributed by atoms with E-state index in [2.05, 4.69) is 29.8 Å². The molecular formula is C26H25N9O6. The zero-order valence-corrected chi connectivity index (χ0v) is 21.8. The number of carboxylic acid groups (broad SMARTS) is 1. The van der Waals surface area contributed by atoms with E-state index in [9.17, 15) is 9.59 Å². The number of aliphatic carboxylic acids is 1. The predicted octanol–water partition coefficient (Wildman–Crippen LogP) is 2.19. The molecule has 4 aromatic rings. The standard InChI is InChI=1S/C26H25N9O6/c27-22-18-19(32-35(24(18)31-11-30-22)26-3-12(4-26)5-26)20-17(21(41-33-20)13-1-2-13)23-28-6-14(7-29-23)40-15-8-34(9-15)25(38)39-10-16(36)37/h6-7,11-13,15H,1-5,8-10H2,(H,36,37)(H2,27,30,31). The lowest BCUT2D eigenvalue weighted by atomic mass is 9.50. The molecule has 15 nitrogen and oxygen atoms in total. The molecule has 0 atom stereocenters. The van der Waals surface area contributed by atoms with Crippen molar-refractivity contribution in [2.45, 2.75) is 49.7 Å². The maximum absolute atomic E-state index is 11.8. The van der Waals surface area contributed by atoms with Crippen LogP contribution in [0.1, 0.15) is 43.8 Å². The summed E-state index contributed by atoms with van der Waals surface area (Å²) in [5.41, 5.74) is 8.77. The normalized spacial score (nSPS) is 23.0. The maximum Gasteiger partial charge on any atom is 0.410 e. The van der Waals surface area contributed by atoms with Crippen molar-refractivity contribution < 1.29 is 28.7 Å². The molecule has 9 rings (SSSR count). The number of nitrogens with zero attached hydrogens (tertiary/aromatic N) is 8. The van der Waals surface area contributed by atoms with Crippen LogP contribution in [0.5, 0.6) is 5.75 Å². The van der Waals surface area contributed by atoms with E-state index in [1.807, 2.05) is 4.68 Å². The van der Waals surface area contributed by atoms with Crippen LogP contribution in [0.2, 0.25) is 0 Å². The molecule has 1 saturated heterocycles. The smallest absolute Gasteiger partial charge is 0.410 e. The molecule has 4 aliphatic carbocycles. The number of carboxylic acids is 1. The van der Waals surface area contributed by atoms with Crippen molar-refractivity contribution in [3.05, 3.63) is 24.5 Å². The first-order chi connectivity index (χ1) is 19.9. The summed E-state index contributed by atoms with van der Waals surface area (Å²) in [5, 5.41) is 18.8. The lowest BCUT2D eigenvalue weighted by Gasteiger charge is -2.61. The van der Waals surface area contributed by atoms with Gasteiger partial charge in [-0.1, -0.05) is 5.16 Å². The van der Waals surface area contributed by atoms with E-state index >= 15 is 0 Å². The third-order valence-electron chi connectivity index (χ3n) is 8.42. The molecule has 210 valence electrons. The molecule has 0 aromatic carbocycles. The molecule has 5 fully saturated rings. The molecule has 1 amide bonds. The van der Waals surface area contributed by atoms with E-state index in [1.165, 1.54) is 11.2 Å². The highest BCUT2D eigenvalue weighted by Gasteiger charge is 2.59. The Bertz CT molecular complexity index is 1690. The Morgan fingerprint density at radius 2 is 1.85 bits per heavy atom. The van der Waals surface area contributed by atoms with E-state index in [0.717, 1.165) is 38.0 Å². The summed E-state index contributed by atoms with van der Waals surface area (Å²) in [6.07, 6.45) is 8.84. The van der Waals surface area contributed by atoms with Crippen LogP contribution < -0.4 is 10.5 Å². The SMILES string of the molecule is Nc1ncnc2c1c(-c1noc(C3CC3)c1-c1ncc(OC3CN(C(=O)OCC(=O)O)C3)cn1)nn2C12CC(C1)C2. The first kappa shape index (κ1) is 24.0. The van der Waals surface area contributed by atoms with Crippen LogP contribution in [0.3, 0.4) is 0 Å². The zero-order chi connectivity index (χ0) is 27.9. The molecule has 3 N–H and O–H groups in total. The molecule has 1 aliphatic heterocycles. The topological polar surface area (TPSA) is 197 Å². The van der Waals surface area contributed by atoms with Crippen molar-refractivity contribution in [3.63, 3.8) is 0 Å². The van der Waals surface area contributed by atoms with Gasteiger partial charge in [0.2, 0.25) is 0 Å². The zero-order valence-electron chi connectivity index (χ0n) is 21.8. The van der Waals surface area contributed by atoms with Gasteiger partial charge in [-0.3, -0.25) is 0 Å². The second kappa shape index (κ2) is 8.59. The minimum atomic E-state index is -1.21. The van der Waals surface area contributed by atoms with Crippen LogP contribution in [0.15, 0.2) is 23.2 Å². The van der Waals surface area contributed by atoms with Crippen molar-refractivity contribution in [2.75, 3.05) is 25.4 Å². The van der Waals surface area contributed by atoms with Gasteiger partial charge in [-0.15, -0.1) is 0 Å². The largest absolute Gasteiger partial charge is 0.483 e. The second-order valence-corrected chi connectivity index (χ2v) is 11.3. The van der Waals surface area contributed by atoms with Crippen molar-refractivity contribution in [1.29, 1.82) is 0 Å². The lowest BCUT2D eigenvalue weighted by Crippen LogP contribution is -2.59. The van der Waals surface area contributed by atoms with Gasteiger partial charge in [0.05, 0.1) is 42.0 Å². The lowest BCUT2D eigenvalue weighted by molar-refractivity contribution is -0.140. The Hall–Kier alpha value is -4.82. The fraction of sp³-hybridized carbons (Fsp3) is 0.462. The van der Waals surface area contributed by atoms with Gasteiger partial charge in [-0.2, -0.15) is 5.10 Å². The van der Waals surface area contributed by atoms with Gasteiger partial charge < -0.3 is 29.7 Å². The maximum atomic E-state index is 11.8. The number of carbonyl (C=O) groups is 2. The third-order valence-corrected chi connectivity index (χ3v) is 8.42. The highest BCUT2D eigenvalue weighted by Crippen LogP contribution is 2.63. The van der Waals surface area contributed by atoms with E-state index in [-0.39, 0.29) is 30.7 Å². The number of rotatable bonds is 8. The Labute approximate surface area is 231 Å². The van der Waals surface area contributed by atoms with Crippen molar-refractivity contribution in [2.24, 2.45) is 5.92 Å². The average molecular weight is 560 g/mol. The van der Waals surface area contributed by atoms with Gasteiger partial charge >= 0.3 is 12.1 Å². The summed E-state index contributed by atoms with van der Waals surface area (Å²) in [7, 11) is 0. The Morgan fingerprint density at radius 3 is 2.51 bits per heavy atom. The molecule has 4 aromatic heterocycles. The van der Waals surface area contributed by atoms with E-state index in [4.69, 9.17) is 25.2 Å². The number of nitrogen functional groups attached to an aromatic ring is 1. The van der Waals surface area contributed by atoms with E-state index < -0.39 is 18.7 Å². The van der Waals surface area contributed by atoms with Crippen LogP contribution in [0.4, 0.5) is 10.6 Å². The van der Waals surface area contributed by atoms with Gasteiger partial charge in [0, 0.05) is 5.92 Å². The quantitative estimate of drug-likeness (QED) is 0.319. The summed E-state index contributed by atoms with van der Waals surface area (Å²) in [6.45, 7) is -0.145. The number of carbonyl (C=O) groups excluding carboxylic acids is 1. The number of fused-ring (bicyclic) bond motifs is 1. The highest BCUT2D eigenvalue weighted by molar-refractivity contribution is 6.00. The van der Waals surface area contributed by atoms with Gasteiger partial charge in [-0.25, -0.2) is 34.2 Å². The van der Waals surface area contributed by atoms with Gasteiger partial charge in [0.15, 0.2) is 29.6 Å². The fourth-order valence-electron chi connectivity index (χ4n) is 6.04. The number of anilines is 1. The molecule has 0 unspecified atom stereocenters. The van der Waals surface area contributed by atoms with Crippen LogP contribution >= 0.6 is 0 Å². The molecule has 4 saturated carbocycles. The number of aromatic nitrogens is 7. The van der Waals surface area contributed by atoms with Crippen LogP contribution in [0.25, 0.3) is 33.8 Å². The molecule has 15 heteroatoms. The Kier molecular flexibility index (Phi) is 5.03. The minimum Gasteiger partial charge on any atom is -0.483 e. The molecule has 5 heterocycles. The van der Waals surface area contributed by atoms with Gasteiger partial charge in [0.1, 0.15) is 29.6 Å². The summed E-state index contributed by atoms with van der Waals surface area (Å²) in [6, 6.07) is 0. The summed E-state index contributed by atoms with van der Waals surface area (Å²) >= 11 is 0. The van der Waals surface area contributed by atoms with Crippen molar-refractivity contribution in [1.82, 2.24) is 39.8 Å².